The van der Waals surface area contributed by atoms with Crippen molar-refractivity contribution in [1.29, 1.82) is 0 Å². The van der Waals surface area contributed by atoms with E-state index in [4.69, 9.17) is 11.6 Å². The van der Waals surface area contributed by atoms with E-state index in [1.54, 1.807) is 12.1 Å². The molecule has 2 aromatic rings. The summed E-state index contributed by atoms with van der Waals surface area (Å²) in [4.78, 5) is 29.4. The number of hydrogen-bond acceptors (Lipinski definition) is 7. The maximum absolute atomic E-state index is 14.2. The summed E-state index contributed by atoms with van der Waals surface area (Å²) in [6.45, 7) is 2.65. The van der Waals surface area contributed by atoms with Crippen LogP contribution < -0.4 is 10.2 Å². The van der Waals surface area contributed by atoms with Crippen LogP contribution in [0.25, 0.3) is 0 Å². The summed E-state index contributed by atoms with van der Waals surface area (Å²) in [6.07, 6.45) is 9.07. The van der Waals surface area contributed by atoms with Crippen LogP contribution in [0.1, 0.15) is 65.8 Å². The smallest absolute Gasteiger partial charge is 0.343 e. The molecule has 0 bridgehead atoms. The molecule has 1 aliphatic heterocycles. The Bertz CT molecular complexity index is 1030. The van der Waals surface area contributed by atoms with Gasteiger partial charge in [-0.3, -0.25) is 9.69 Å². The zero-order chi connectivity index (χ0) is 24.1. The zero-order valence-corrected chi connectivity index (χ0v) is 20.0. The molecule has 0 spiro atoms. The second-order valence-electron chi connectivity index (χ2n) is 8.72. The minimum Gasteiger partial charge on any atom is -0.465 e. The van der Waals surface area contributed by atoms with Crippen LogP contribution in [-0.4, -0.2) is 59.9 Å². The van der Waals surface area contributed by atoms with E-state index < -0.39 is 23.3 Å². The fourth-order valence-corrected chi connectivity index (χ4v) is 4.87. The van der Waals surface area contributed by atoms with Gasteiger partial charge in [0.1, 0.15) is 11.4 Å². The number of anilines is 2. The molecule has 8 nitrogen and oxygen atoms in total. The average molecular weight is 490 g/mol. The molecular formula is C24H29ClFN5O3. The maximum atomic E-state index is 14.2. The van der Waals surface area contributed by atoms with E-state index in [2.05, 4.69) is 30.1 Å². The molecule has 10 heteroatoms. The van der Waals surface area contributed by atoms with Gasteiger partial charge in [0.25, 0.3) is 5.91 Å². The van der Waals surface area contributed by atoms with E-state index in [0.717, 1.165) is 32.9 Å². The van der Waals surface area contributed by atoms with Crippen LogP contribution in [0.4, 0.5) is 15.9 Å². The molecule has 0 atom stereocenters. The first-order valence-electron chi connectivity index (χ1n) is 11.7. The van der Waals surface area contributed by atoms with Crippen LogP contribution in [0.5, 0.6) is 0 Å². The molecule has 0 radical (unpaired) electrons. The highest BCUT2D eigenvalue weighted by Gasteiger charge is 2.28. The summed E-state index contributed by atoms with van der Waals surface area (Å²) in [5.74, 6) is -1.76. The van der Waals surface area contributed by atoms with Gasteiger partial charge in [0, 0.05) is 19.1 Å². The molecule has 1 saturated carbocycles. The number of rotatable bonds is 5. The van der Waals surface area contributed by atoms with Crippen molar-refractivity contribution in [3.05, 3.63) is 46.4 Å². The van der Waals surface area contributed by atoms with Crippen molar-refractivity contribution in [2.75, 3.05) is 37.1 Å². The second kappa shape index (κ2) is 11.1. The van der Waals surface area contributed by atoms with E-state index in [0.29, 0.717) is 11.9 Å². The van der Waals surface area contributed by atoms with Crippen molar-refractivity contribution >= 4 is 35.0 Å². The summed E-state index contributed by atoms with van der Waals surface area (Å²) in [5, 5.41) is 10.8. The van der Waals surface area contributed by atoms with Crippen LogP contribution in [0, 0.1) is 5.82 Å². The number of amides is 1. The molecule has 2 aliphatic rings. The standard InChI is InChI=1S/C24H29ClFN5O3/c1-34-24(33)21-18(26)10-9-17(25)22(21)27-23(32)19-11-12-20(29-28-19)31-14-13-30(15-31)16-7-5-3-2-4-6-8-16/h9-12,16H,2-8,13-15H2,1H3,(H,27,32). The third-order valence-corrected chi connectivity index (χ3v) is 6.85. The summed E-state index contributed by atoms with van der Waals surface area (Å²) >= 11 is 6.11. The van der Waals surface area contributed by atoms with Gasteiger partial charge in [-0.15, -0.1) is 10.2 Å². The minimum atomic E-state index is -0.945. The molecule has 2 heterocycles. The minimum absolute atomic E-state index is 0.00565. The number of esters is 1. The number of benzene rings is 1. The first kappa shape index (κ1) is 24.3. The molecule has 182 valence electrons. The Labute approximate surface area is 203 Å². The van der Waals surface area contributed by atoms with Crippen molar-refractivity contribution in [3.63, 3.8) is 0 Å². The zero-order valence-electron chi connectivity index (χ0n) is 19.2. The van der Waals surface area contributed by atoms with Gasteiger partial charge in [0.2, 0.25) is 0 Å². The van der Waals surface area contributed by atoms with E-state index >= 15 is 0 Å². The van der Waals surface area contributed by atoms with Crippen LogP contribution >= 0.6 is 11.6 Å². The lowest BCUT2D eigenvalue weighted by atomic mass is 9.96. The summed E-state index contributed by atoms with van der Waals surface area (Å²) < 4.78 is 18.8. The largest absolute Gasteiger partial charge is 0.465 e. The van der Waals surface area contributed by atoms with E-state index in [-0.39, 0.29) is 16.4 Å². The van der Waals surface area contributed by atoms with Gasteiger partial charge < -0.3 is 15.0 Å². The van der Waals surface area contributed by atoms with Gasteiger partial charge in [-0.2, -0.15) is 0 Å². The van der Waals surface area contributed by atoms with Crippen molar-refractivity contribution in [3.8, 4) is 0 Å². The maximum Gasteiger partial charge on any atom is 0.343 e. The first-order valence-corrected chi connectivity index (χ1v) is 12.1. The molecule has 1 aromatic carbocycles. The Balaban J connectivity index is 1.42. The molecule has 4 rings (SSSR count). The fourth-order valence-electron chi connectivity index (χ4n) is 4.66. The number of carbonyl (C=O) groups is 2. The lowest BCUT2D eigenvalue weighted by Gasteiger charge is -2.29. The molecule has 34 heavy (non-hydrogen) atoms. The predicted molar refractivity (Wildman–Crippen MR) is 128 cm³/mol. The number of methoxy groups -OCH3 is 1. The Hall–Kier alpha value is -2.78. The third kappa shape index (κ3) is 5.47. The highest BCUT2D eigenvalue weighted by Crippen LogP contribution is 2.30. The molecule has 1 amide bonds. The highest BCUT2D eigenvalue weighted by atomic mass is 35.5. The molecule has 1 N–H and O–H groups in total. The monoisotopic (exact) mass is 489 g/mol. The third-order valence-electron chi connectivity index (χ3n) is 6.54. The topological polar surface area (TPSA) is 87.7 Å². The van der Waals surface area contributed by atoms with Crippen molar-refractivity contribution in [2.24, 2.45) is 0 Å². The number of aromatic nitrogens is 2. The van der Waals surface area contributed by atoms with E-state index in [1.165, 1.54) is 51.0 Å². The van der Waals surface area contributed by atoms with Crippen LogP contribution in [-0.2, 0) is 4.74 Å². The Morgan fingerprint density at radius 3 is 2.47 bits per heavy atom. The number of nitrogens with zero attached hydrogens (tertiary/aromatic N) is 4. The Morgan fingerprint density at radius 2 is 1.79 bits per heavy atom. The number of ether oxygens (including phenoxy) is 1. The lowest BCUT2D eigenvalue weighted by Crippen LogP contribution is -2.35. The average Bonchev–Trinajstić information content (AvgIpc) is 3.31. The SMILES string of the molecule is COC(=O)c1c(F)ccc(Cl)c1NC(=O)c1ccc(N2CCN(C3CCCCCCC3)C2)nn1. The molecule has 1 aromatic heterocycles. The van der Waals surface area contributed by atoms with Gasteiger partial charge in [-0.1, -0.05) is 43.7 Å². The van der Waals surface area contributed by atoms with E-state index in [9.17, 15) is 14.0 Å². The normalized spacial score (nSPS) is 17.8. The van der Waals surface area contributed by atoms with Gasteiger partial charge in [0.05, 0.1) is 24.5 Å². The predicted octanol–water partition coefficient (Wildman–Crippen LogP) is 4.50. The van der Waals surface area contributed by atoms with Crippen LogP contribution in [0.15, 0.2) is 24.3 Å². The molecule has 0 unspecified atom stereocenters. The molecule has 2 fully saturated rings. The highest BCUT2D eigenvalue weighted by molar-refractivity contribution is 6.35. The van der Waals surface area contributed by atoms with Crippen molar-refractivity contribution in [2.45, 2.75) is 51.0 Å². The van der Waals surface area contributed by atoms with Crippen LogP contribution in [0.3, 0.4) is 0 Å². The molecular weight excluding hydrogens is 461 g/mol. The van der Waals surface area contributed by atoms with Gasteiger partial charge in [-0.25, -0.2) is 9.18 Å². The van der Waals surface area contributed by atoms with Crippen molar-refractivity contribution < 1.29 is 18.7 Å². The quantitative estimate of drug-likeness (QED) is 0.618. The van der Waals surface area contributed by atoms with Gasteiger partial charge in [0.15, 0.2) is 11.5 Å². The van der Waals surface area contributed by atoms with Crippen LogP contribution in [0.2, 0.25) is 5.02 Å². The van der Waals surface area contributed by atoms with E-state index in [1.807, 2.05) is 0 Å². The molecule has 1 aliphatic carbocycles. The second-order valence-corrected chi connectivity index (χ2v) is 9.13. The Kier molecular flexibility index (Phi) is 7.95. The lowest BCUT2D eigenvalue weighted by molar-refractivity contribution is 0.0597. The van der Waals surface area contributed by atoms with Gasteiger partial charge in [-0.05, 0) is 37.1 Å². The summed E-state index contributed by atoms with van der Waals surface area (Å²) in [5.41, 5.74) is -0.589. The number of halogens is 2. The van der Waals surface area contributed by atoms with Gasteiger partial charge >= 0.3 is 5.97 Å². The van der Waals surface area contributed by atoms with Crippen molar-refractivity contribution in [1.82, 2.24) is 15.1 Å². The first-order chi connectivity index (χ1) is 16.5. The number of carbonyl (C=O) groups excluding carboxylic acids is 2. The number of hydrogen-bond donors (Lipinski definition) is 1. The fraction of sp³-hybridized carbons (Fsp3) is 0.500. The summed E-state index contributed by atoms with van der Waals surface area (Å²) in [6, 6.07) is 6.21. The number of nitrogens with one attached hydrogen (secondary N) is 1. The Morgan fingerprint density at radius 1 is 1.06 bits per heavy atom. The summed E-state index contributed by atoms with van der Waals surface area (Å²) in [7, 11) is 1.12. The molecule has 1 saturated heterocycles.